The van der Waals surface area contributed by atoms with Crippen LogP contribution in [0.4, 0.5) is 0 Å². The minimum Gasteiger partial charge on any atom is -0.376 e. The lowest BCUT2D eigenvalue weighted by Crippen LogP contribution is -2.41. The SMILES string of the molecule is O=C(c1cccs1)N1CC[C@H](OCC2CC2)[C@@H]1Cc1ccncc1. The highest BCUT2D eigenvalue weighted by Gasteiger charge is 2.39. The maximum atomic E-state index is 12.9. The Kier molecular flexibility index (Phi) is 4.63. The number of hydrogen-bond donors (Lipinski definition) is 0. The van der Waals surface area contributed by atoms with E-state index in [2.05, 4.69) is 4.98 Å². The summed E-state index contributed by atoms with van der Waals surface area (Å²) in [7, 11) is 0. The molecule has 24 heavy (non-hydrogen) atoms. The maximum Gasteiger partial charge on any atom is 0.264 e. The van der Waals surface area contributed by atoms with Crippen LogP contribution in [0.2, 0.25) is 0 Å². The minimum absolute atomic E-state index is 0.112. The molecule has 2 aliphatic rings. The van der Waals surface area contributed by atoms with Crippen molar-refractivity contribution in [2.24, 2.45) is 5.92 Å². The van der Waals surface area contributed by atoms with Gasteiger partial charge in [-0.3, -0.25) is 9.78 Å². The molecule has 126 valence electrons. The molecule has 1 saturated carbocycles. The van der Waals surface area contributed by atoms with Crippen LogP contribution in [0.5, 0.6) is 0 Å². The van der Waals surface area contributed by atoms with Crippen LogP contribution in [0, 0.1) is 5.92 Å². The van der Waals surface area contributed by atoms with Crippen LogP contribution in [0.15, 0.2) is 42.0 Å². The summed E-state index contributed by atoms with van der Waals surface area (Å²) in [5.74, 6) is 0.884. The van der Waals surface area contributed by atoms with Crippen molar-refractivity contribution in [3.05, 3.63) is 52.5 Å². The number of amides is 1. The fourth-order valence-electron chi connectivity index (χ4n) is 3.36. The number of aromatic nitrogens is 1. The van der Waals surface area contributed by atoms with Crippen LogP contribution in [-0.2, 0) is 11.2 Å². The Hall–Kier alpha value is -1.72. The summed E-state index contributed by atoms with van der Waals surface area (Å²) in [4.78, 5) is 19.8. The number of nitrogens with zero attached hydrogens (tertiary/aromatic N) is 2. The lowest BCUT2D eigenvalue weighted by molar-refractivity contribution is 0.0201. The van der Waals surface area contributed by atoms with E-state index in [0.717, 1.165) is 36.8 Å². The molecule has 1 saturated heterocycles. The molecule has 0 unspecified atom stereocenters. The Morgan fingerprint density at radius 2 is 2.08 bits per heavy atom. The predicted octanol–water partition coefficient (Wildman–Crippen LogP) is 3.40. The summed E-state index contributed by atoms with van der Waals surface area (Å²) < 4.78 is 6.20. The molecule has 5 heteroatoms. The van der Waals surface area contributed by atoms with Gasteiger partial charge in [-0.25, -0.2) is 0 Å². The van der Waals surface area contributed by atoms with Gasteiger partial charge in [0, 0.05) is 25.5 Å². The number of likely N-dealkylation sites (tertiary alicyclic amines) is 1. The van der Waals surface area contributed by atoms with Gasteiger partial charge in [-0.2, -0.15) is 0 Å². The largest absolute Gasteiger partial charge is 0.376 e. The van der Waals surface area contributed by atoms with Crippen LogP contribution in [0.25, 0.3) is 0 Å². The zero-order chi connectivity index (χ0) is 16.4. The third-order valence-corrected chi connectivity index (χ3v) is 5.77. The van der Waals surface area contributed by atoms with E-state index in [9.17, 15) is 4.79 Å². The van der Waals surface area contributed by atoms with Gasteiger partial charge < -0.3 is 9.64 Å². The number of rotatable bonds is 6. The van der Waals surface area contributed by atoms with E-state index in [1.165, 1.54) is 29.7 Å². The molecule has 4 rings (SSSR count). The molecule has 1 aliphatic carbocycles. The first-order valence-electron chi connectivity index (χ1n) is 8.66. The number of thiophene rings is 1. The van der Waals surface area contributed by atoms with E-state index in [4.69, 9.17) is 4.74 Å². The van der Waals surface area contributed by atoms with Crippen molar-refractivity contribution in [1.82, 2.24) is 9.88 Å². The quantitative estimate of drug-likeness (QED) is 0.808. The summed E-state index contributed by atoms with van der Waals surface area (Å²) in [6, 6.07) is 8.02. The van der Waals surface area contributed by atoms with Gasteiger partial charge in [-0.1, -0.05) is 6.07 Å². The van der Waals surface area contributed by atoms with Crippen LogP contribution >= 0.6 is 11.3 Å². The molecule has 0 aromatic carbocycles. The zero-order valence-corrected chi connectivity index (χ0v) is 14.5. The van der Waals surface area contributed by atoms with Crippen molar-refractivity contribution < 1.29 is 9.53 Å². The van der Waals surface area contributed by atoms with E-state index < -0.39 is 0 Å². The summed E-state index contributed by atoms with van der Waals surface area (Å²) in [5.41, 5.74) is 1.21. The summed E-state index contributed by atoms with van der Waals surface area (Å²) in [5, 5.41) is 1.96. The molecule has 2 fully saturated rings. The molecule has 0 spiro atoms. The Morgan fingerprint density at radius 1 is 1.25 bits per heavy atom. The lowest BCUT2D eigenvalue weighted by atomic mass is 10.0. The molecule has 0 N–H and O–H groups in total. The standard InChI is InChI=1S/C19H22N2O2S/c22-19(18-2-1-11-24-18)21-10-7-17(23-13-15-3-4-15)16(21)12-14-5-8-20-9-6-14/h1-2,5-6,8-9,11,15-17H,3-4,7,10,12-13H2/t16-,17-/m0/s1. The van der Waals surface area contributed by atoms with Gasteiger partial charge in [0.25, 0.3) is 5.91 Å². The third kappa shape index (κ3) is 3.52. The van der Waals surface area contributed by atoms with Crippen LogP contribution < -0.4 is 0 Å². The van der Waals surface area contributed by atoms with Crippen molar-refractivity contribution in [3.63, 3.8) is 0 Å². The molecule has 4 nitrogen and oxygen atoms in total. The molecule has 2 aromatic heterocycles. The zero-order valence-electron chi connectivity index (χ0n) is 13.6. The molecule has 2 atom stereocenters. The van der Waals surface area contributed by atoms with Gasteiger partial charge in [-0.05, 0) is 60.7 Å². The van der Waals surface area contributed by atoms with Gasteiger partial charge in [0.1, 0.15) is 0 Å². The first kappa shape index (κ1) is 15.8. The molecule has 2 aromatic rings. The van der Waals surface area contributed by atoms with Crippen LogP contribution in [0.3, 0.4) is 0 Å². The molecular formula is C19H22N2O2S. The van der Waals surface area contributed by atoms with Gasteiger partial charge in [0.15, 0.2) is 0 Å². The second-order valence-corrected chi connectivity index (χ2v) is 7.65. The average Bonchev–Trinajstić information content (AvgIpc) is 3.12. The smallest absolute Gasteiger partial charge is 0.264 e. The van der Waals surface area contributed by atoms with E-state index in [-0.39, 0.29) is 18.1 Å². The predicted molar refractivity (Wildman–Crippen MR) is 94.2 cm³/mol. The highest BCUT2D eigenvalue weighted by Crippen LogP contribution is 2.32. The number of hydrogen-bond acceptors (Lipinski definition) is 4. The highest BCUT2D eigenvalue weighted by molar-refractivity contribution is 7.12. The molecule has 1 amide bonds. The monoisotopic (exact) mass is 342 g/mol. The maximum absolute atomic E-state index is 12.9. The van der Waals surface area contributed by atoms with Gasteiger partial charge in [0.05, 0.1) is 17.0 Å². The van der Waals surface area contributed by atoms with E-state index in [1.54, 1.807) is 0 Å². The van der Waals surface area contributed by atoms with Crippen LogP contribution in [0.1, 0.15) is 34.5 Å². The Morgan fingerprint density at radius 3 is 2.79 bits per heavy atom. The molecule has 0 bridgehead atoms. The topological polar surface area (TPSA) is 42.4 Å². The van der Waals surface area contributed by atoms with Crippen molar-refractivity contribution in [2.75, 3.05) is 13.2 Å². The summed E-state index contributed by atoms with van der Waals surface area (Å²) >= 11 is 1.51. The summed E-state index contributed by atoms with van der Waals surface area (Å²) in [6.45, 7) is 1.63. The normalized spacial score (nSPS) is 23.6. The van der Waals surface area contributed by atoms with Crippen molar-refractivity contribution in [2.45, 2.75) is 37.8 Å². The lowest BCUT2D eigenvalue weighted by Gasteiger charge is -2.28. The van der Waals surface area contributed by atoms with E-state index in [1.807, 2.05) is 46.9 Å². The third-order valence-electron chi connectivity index (χ3n) is 4.91. The van der Waals surface area contributed by atoms with Crippen molar-refractivity contribution >= 4 is 17.2 Å². The highest BCUT2D eigenvalue weighted by atomic mass is 32.1. The van der Waals surface area contributed by atoms with E-state index in [0.29, 0.717) is 0 Å². The second-order valence-electron chi connectivity index (χ2n) is 6.71. The van der Waals surface area contributed by atoms with Crippen molar-refractivity contribution in [1.29, 1.82) is 0 Å². The first-order chi connectivity index (χ1) is 11.8. The molecule has 1 aliphatic heterocycles. The van der Waals surface area contributed by atoms with Crippen molar-refractivity contribution in [3.8, 4) is 0 Å². The number of carbonyl (C=O) groups excluding carboxylic acids is 1. The Labute approximate surface area is 146 Å². The second kappa shape index (κ2) is 7.03. The molecular weight excluding hydrogens is 320 g/mol. The van der Waals surface area contributed by atoms with E-state index >= 15 is 0 Å². The Balaban J connectivity index is 1.51. The van der Waals surface area contributed by atoms with Gasteiger partial charge >= 0.3 is 0 Å². The van der Waals surface area contributed by atoms with Gasteiger partial charge in [0.2, 0.25) is 0 Å². The Bertz CT molecular complexity index is 670. The molecule has 0 radical (unpaired) electrons. The minimum atomic E-state index is 0.112. The van der Waals surface area contributed by atoms with Crippen LogP contribution in [-0.4, -0.2) is 41.1 Å². The fraction of sp³-hybridized carbons (Fsp3) is 0.474. The average molecular weight is 342 g/mol. The summed E-state index contributed by atoms with van der Waals surface area (Å²) in [6.07, 6.45) is 8.11. The first-order valence-corrected chi connectivity index (χ1v) is 9.54. The fourth-order valence-corrected chi connectivity index (χ4v) is 4.04. The molecule has 3 heterocycles. The number of ether oxygens (including phenoxy) is 1. The number of pyridine rings is 1. The van der Waals surface area contributed by atoms with Gasteiger partial charge in [-0.15, -0.1) is 11.3 Å². The number of carbonyl (C=O) groups is 1.